The monoisotopic (exact) mass is 578 g/mol. The van der Waals surface area contributed by atoms with Crippen LogP contribution in [0.4, 0.5) is 4.79 Å². The molecule has 1 saturated heterocycles. The first-order chi connectivity index (χ1) is 21.0. The number of carbonyl (C=O) groups excluding carboxylic acids is 3. The highest BCUT2D eigenvalue weighted by molar-refractivity contribution is 6.04. The van der Waals surface area contributed by atoms with E-state index < -0.39 is 12.1 Å². The molecule has 9 heteroatoms. The Morgan fingerprint density at radius 2 is 1.79 bits per heavy atom. The molecule has 0 radical (unpaired) electrons. The first-order valence-corrected chi connectivity index (χ1v) is 14.5. The van der Waals surface area contributed by atoms with Crippen molar-refractivity contribution in [2.24, 2.45) is 0 Å². The molecule has 0 spiro atoms. The number of benzene rings is 3. The maximum atomic E-state index is 14.4. The summed E-state index contributed by atoms with van der Waals surface area (Å²) in [6.45, 7) is 5.18. The largest absolute Gasteiger partial charge is 0.457 e. The third-order valence-corrected chi connectivity index (χ3v) is 7.94. The van der Waals surface area contributed by atoms with E-state index in [0.29, 0.717) is 47.0 Å². The van der Waals surface area contributed by atoms with Crippen LogP contribution in [0.1, 0.15) is 36.1 Å². The van der Waals surface area contributed by atoms with Gasteiger partial charge in [-0.1, -0.05) is 66.7 Å². The van der Waals surface area contributed by atoms with Crippen LogP contribution in [0.15, 0.2) is 109 Å². The third kappa shape index (κ3) is 5.89. The maximum absolute atomic E-state index is 14.4. The van der Waals surface area contributed by atoms with Gasteiger partial charge in [0.25, 0.3) is 5.91 Å². The number of nitrogens with one attached hydrogen (secondary N) is 2. The quantitative estimate of drug-likeness (QED) is 0.335. The van der Waals surface area contributed by atoms with Gasteiger partial charge in [-0.15, -0.1) is 6.58 Å². The lowest BCUT2D eigenvalue weighted by molar-refractivity contribution is -0.137. The lowest BCUT2D eigenvalue weighted by atomic mass is 9.95. The molecule has 3 atom stereocenters. The van der Waals surface area contributed by atoms with E-state index in [4.69, 9.17) is 9.47 Å². The predicted octanol–water partition coefficient (Wildman–Crippen LogP) is 4.86. The van der Waals surface area contributed by atoms with Crippen molar-refractivity contribution in [1.29, 1.82) is 0 Å². The van der Waals surface area contributed by atoms with E-state index in [1.165, 1.54) is 4.90 Å². The van der Waals surface area contributed by atoms with Gasteiger partial charge in [0.15, 0.2) is 0 Å². The Balaban J connectivity index is 1.33. The van der Waals surface area contributed by atoms with Crippen LogP contribution in [0.25, 0.3) is 0 Å². The van der Waals surface area contributed by atoms with E-state index in [1.54, 1.807) is 11.0 Å². The smallest absolute Gasteiger partial charge is 0.322 e. The average Bonchev–Trinajstić information content (AvgIpc) is 3.67. The molecule has 0 saturated carbocycles. The van der Waals surface area contributed by atoms with E-state index in [-0.39, 0.29) is 37.0 Å². The summed E-state index contributed by atoms with van der Waals surface area (Å²) in [4.78, 5) is 44.6. The Labute approximate surface area is 250 Å². The molecule has 1 fully saturated rings. The summed E-state index contributed by atoms with van der Waals surface area (Å²) >= 11 is 0. The van der Waals surface area contributed by atoms with Crippen LogP contribution in [-0.2, 0) is 14.3 Å². The van der Waals surface area contributed by atoms with E-state index in [2.05, 4.69) is 17.2 Å². The first kappa shape index (κ1) is 28.2. The molecule has 6 rings (SSSR count). The molecular formula is C34H34N4O5. The zero-order chi connectivity index (χ0) is 29.8. The maximum Gasteiger partial charge on any atom is 0.322 e. The normalized spacial score (nSPS) is 20.5. The van der Waals surface area contributed by atoms with E-state index in [1.807, 2.05) is 84.9 Å². The fourth-order valence-corrected chi connectivity index (χ4v) is 5.90. The summed E-state index contributed by atoms with van der Waals surface area (Å²) < 4.78 is 11.7. The minimum atomic E-state index is -0.894. The summed E-state index contributed by atoms with van der Waals surface area (Å²) in [5, 5.41) is 6.03. The van der Waals surface area contributed by atoms with Crippen LogP contribution in [0.2, 0.25) is 0 Å². The number of urea groups is 1. The Hall–Kier alpha value is -4.89. The summed E-state index contributed by atoms with van der Waals surface area (Å²) in [5.74, 6) is 0.641. The van der Waals surface area contributed by atoms with Crippen molar-refractivity contribution >= 4 is 17.8 Å². The van der Waals surface area contributed by atoms with Crippen molar-refractivity contribution in [2.45, 2.75) is 31.0 Å². The van der Waals surface area contributed by atoms with Crippen LogP contribution in [0.5, 0.6) is 11.5 Å². The highest BCUT2D eigenvalue weighted by atomic mass is 16.5. The van der Waals surface area contributed by atoms with Gasteiger partial charge in [-0.3, -0.25) is 14.5 Å². The van der Waals surface area contributed by atoms with Crippen molar-refractivity contribution in [3.8, 4) is 11.5 Å². The van der Waals surface area contributed by atoms with Gasteiger partial charge in [-0.05, 0) is 48.2 Å². The Bertz CT molecular complexity index is 1530. The number of hydrogen-bond donors (Lipinski definition) is 2. The third-order valence-electron chi connectivity index (χ3n) is 7.94. The topological polar surface area (TPSA) is 100 Å². The second-order valence-electron chi connectivity index (χ2n) is 10.8. The van der Waals surface area contributed by atoms with Gasteiger partial charge in [-0.25, -0.2) is 4.79 Å². The van der Waals surface area contributed by atoms with Gasteiger partial charge in [0.1, 0.15) is 17.5 Å². The summed E-state index contributed by atoms with van der Waals surface area (Å²) in [5.41, 5.74) is 2.36. The molecule has 0 bridgehead atoms. The number of nitrogens with zero attached hydrogens (tertiary/aromatic N) is 2. The van der Waals surface area contributed by atoms with Gasteiger partial charge in [0.2, 0.25) is 5.91 Å². The molecule has 3 heterocycles. The molecule has 3 aromatic carbocycles. The van der Waals surface area contributed by atoms with Gasteiger partial charge in [0.05, 0.1) is 30.0 Å². The zero-order valence-corrected chi connectivity index (χ0v) is 23.8. The second-order valence-corrected chi connectivity index (χ2v) is 10.8. The van der Waals surface area contributed by atoms with Crippen molar-refractivity contribution in [1.82, 2.24) is 20.4 Å². The minimum Gasteiger partial charge on any atom is -0.457 e. The Kier molecular flexibility index (Phi) is 8.24. The van der Waals surface area contributed by atoms with E-state index in [0.717, 1.165) is 12.8 Å². The van der Waals surface area contributed by atoms with E-state index in [9.17, 15) is 14.4 Å². The first-order valence-electron chi connectivity index (χ1n) is 14.5. The highest BCUT2D eigenvalue weighted by Crippen LogP contribution is 2.40. The Morgan fingerprint density at radius 1 is 1.05 bits per heavy atom. The molecule has 43 heavy (non-hydrogen) atoms. The number of amides is 4. The predicted molar refractivity (Wildman–Crippen MR) is 161 cm³/mol. The van der Waals surface area contributed by atoms with Crippen LogP contribution >= 0.6 is 0 Å². The van der Waals surface area contributed by atoms with Gasteiger partial charge in [0, 0.05) is 19.7 Å². The lowest BCUT2D eigenvalue weighted by Gasteiger charge is -2.33. The molecule has 3 aliphatic heterocycles. The zero-order valence-electron chi connectivity index (χ0n) is 23.8. The van der Waals surface area contributed by atoms with Gasteiger partial charge >= 0.3 is 6.03 Å². The van der Waals surface area contributed by atoms with Crippen LogP contribution < -0.4 is 15.4 Å². The molecule has 0 aromatic heterocycles. The van der Waals surface area contributed by atoms with Gasteiger partial charge in [-0.2, -0.15) is 0 Å². The molecule has 3 aliphatic rings. The van der Waals surface area contributed by atoms with Crippen LogP contribution in [0.3, 0.4) is 0 Å². The lowest BCUT2D eigenvalue weighted by Crippen LogP contribution is -2.47. The average molecular weight is 579 g/mol. The molecule has 0 aliphatic carbocycles. The Morgan fingerprint density at radius 3 is 2.51 bits per heavy atom. The number of para-hydroxylation sites is 1. The number of carbonyl (C=O) groups is 3. The van der Waals surface area contributed by atoms with Crippen LogP contribution in [-0.4, -0.2) is 60.0 Å². The number of hydrogen-bond acceptors (Lipinski definition) is 5. The van der Waals surface area contributed by atoms with Crippen LogP contribution in [0, 0.1) is 0 Å². The number of rotatable bonds is 10. The molecular weight excluding hydrogens is 544 g/mol. The molecule has 3 aromatic rings. The fourth-order valence-electron chi connectivity index (χ4n) is 5.90. The van der Waals surface area contributed by atoms with Crippen molar-refractivity contribution in [2.75, 3.05) is 26.2 Å². The van der Waals surface area contributed by atoms with Crippen molar-refractivity contribution in [3.63, 3.8) is 0 Å². The molecule has 2 N–H and O–H groups in total. The van der Waals surface area contributed by atoms with Gasteiger partial charge < -0.3 is 25.0 Å². The standard InChI is InChI=1S/C34H34N4O5/c1-2-18-37-28-22-38(31(23-11-5-3-6-12-23)32(39)35-21-27-17-10-19-42-27)33(40)29(28)30(36-34(37)41)24-13-9-16-26(20-24)43-25-14-7-4-8-15-25/h2-9,11-16,20,27,30-31H,1,10,17-19,21-22H2,(H,35,39)(H,36,41)/t27-,30+,31-/m0/s1. The molecule has 0 unspecified atom stereocenters. The fraction of sp³-hybridized carbons (Fsp3) is 0.265. The minimum absolute atomic E-state index is 0.0411. The number of ether oxygens (including phenoxy) is 2. The van der Waals surface area contributed by atoms with Crippen molar-refractivity contribution in [3.05, 3.63) is 120 Å². The van der Waals surface area contributed by atoms with E-state index >= 15 is 0 Å². The molecule has 220 valence electrons. The molecule has 9 nitrogen and oxygen atoms in total. The highest BCUT2D eigenvalue weighted by Gasteiger charge is 2.47. The summed E-state index contributed by atoms with van der Waals surface area (Å²) in [7, 11) is 0. The second kappa shape index (κ2) is 12.5. The summed E-state index contributed by atoms with van der Waals surface area (Å²) in [6.07, 6.45) is 3.42. The molecule has 4 amide bonds. The summed E-state index contributed by atoms with van der Waals surface area (Å²) in [6, 6.07) is 24.0. The SMILES string of the molecule is C=CCN1C(=O)N[C@H](c2cccc(Oc3ccccc3)c2)C2=C1CN([C@H](C(=O)NC[C@@H]1CCCO1)c1ccccc1)C2=O. The van der Waals surface area contributed by atoms with Crippen molar-refractivity contribution < 1.29 is 23.9 Å².